The summed E-state index contributed by atoms with van der Waals surface area (Å²) in [6, 6.07) is 5.56. The van der Waals surface area contributed by atoms with Crippen LogP contribution in [-0.4, -0.2) is 24.0 Å². The highest BCUT2D eigenvalue weighted by Gasteiger charge is 2.16. The maximum atomic E-state index is 13.1. The topological polar surface area (TPSA) is 29.3 Å². The second kappa shape index (κ2) is 5.25. The van der Waals surface area contributed by atoms with E-state index in [0.717, 1.165) is 38.0 Å². The Labute approximate surface area is 104 Å². The summed E-state index contributed by atoms with van der Waals surface area (Å²) in [5.41, 5.74) is 6.99. The van der Waals surface area contributed by atoms with Gasteiger partial charge in [-0.05, 0) is 59.6 Å². The molecule has 1 aromatic carbocycles. The molecule has 2 N–H and O–H groups in total. The highest BCUT2D eigenvalue weighted by molar-refractivity contribution is 9.10. The third-order valence-corrected chi connectivity index (χ3v) is 3.63. The zero-order valence-corrected chi connectivity index (χ0v) is 10.7. The van der Waals surface area contributed by atoms with Crippen LogP contribution in [0.3, 0.4) is 0 Å². The normalized spacial score (nSPS) is 18.9. The van der Waals surface area contributed by atoms with E-state index in [1.54, 1.807) is 0 Å². The van der Waals surface area contributed by atoms with E-state index in [0.29, 0.717) is 10.5 Å². The van der Waals surface area contributed by atoms with E-state index >= 15 is 0 Å². The summed E-state index contributed by atoms with van der Waals surface area (Å²) >= 11 is 3.21. The van der Waals surface area contributed by atoms with Gasteiger partial charge in [-0.25, -0.2) is 4.39 Å². The highest BCUT2D eigenvalue weighted by atomic mass is 79.9. The van der Waals surface area contributed by atoms with Crippen molar-refractivity contribution in [1.29, 1.82) is 0 Å². The van der Waals surface area contributed by atoms with E-state index in [1.165, 1.54) is 6.07 Å². The Morgan fingerprint density at radius 2 is 2.06 bits per heavy atom. The molecule has 0 atom stereocenters. The SMILES string of the molecule is NC1CCN(Cc2ccc(F)c(Br)c2)CC1. The molecule has 1 aliphatic heterocycles. The van der Waals surface area contributed by atoms with Crippen molar-refractivity contribution in [2.45, 2.75) is 25.4 Å². The summed E-state index contributed by atoms with van der Waals surface area (Å²) < 4.78 is 13.6. The zero-order valence-electron chi connectivity index (χ0n) is 9.13. The molecule has 1 saturated heterocycles. The fourth-order valence-electron chi connectivity index (χ4n) is 2.01. The van der Waals surface area contributed by atoms with Gasteiger partial charge in [-0.1, -0.05) is 6.07 Å². The first-order valence-corrected chi connectivity index (χ1v) is 6.36. The van der Waals surface area contributed by atoms with E-state index in [4.69, 9.17) is 5.73 Å². The molecule has 2 nitrogen and oxygen atoms in total. The Hall–Kier alpha value is -0.450. The van der Waals surface area contributed by atoms with E-state index in [2.05, 4.69) is 20.8 Å². The minimum Gasteiger partial charge on any atom is -0.328 e. The van der Waals surface area contributed by atoms with Crippen LogP contribution in [0.2, 0.25) is 0 Å². The molecule has 0 radical (unpaired) electrons. The lowest BCUT2D eigenvalue weighted by Gasteiger charge is -2.30. The van der Waals surface area contributed by atoms with Crippen LogP contribution < -0.4 is 5.73 Å². The average Bonchev–Trinajstić information content (AvgIpc) is 2.27. The molecule has 0 unspecified atom stereocenters. The van der Waals surface area contributed by atoms with Crippen molar-refractivity contribution in [2.24, 2.45) is 5.73 Å². The van der Waals surface area contributed by atoms with E-state index < -0.39 is 0 Å². The molecular weight excluding hydrogens is 271 g/mol. The third-order valence-electron chi connectivity index (χ3n) is 3.02. The molecule has 0 aromatic heterocycles. The number of nitrogens with two attached hydrogens (primary N) is 1. The fraction of sp³-hybridized carbons (Fsp3) is 0.500. The second-order valence-corrected chi connectivity index (χ2v) is 5.22. The number of rotatable bonds is 2. The zero-order chi connectivity index (χ0) is 11.5. The van der Waals surface area contributed by atoms with Crippen LogP contribution in [0, 0.1) is 5.82 Å². The predicted molar refractivity (Wildman–Crippen MR) is 66.6 cm³/mol. The summed E-state index contributed by atoms with van der Waals surface area (Å²) in [4.78, 5) is 2.36. The molecule has 0 bridgehead atoms. The van der Waals surface area contributed by atoms with Gasteiger partial charge in [0, 0.05) is 12.6 Å². The molecule has 1 heterocycles. The van der Waals surface area contributed by atoms with Gasteiger partial charge in [0.2, 0.25) is 0 Å². The van der Waals surface area contributed by atoms with Crippen molar-refractivity contribution >= 4 is 15.9 Å². The summed E-state index contributed by atoms with van der Waals surface area (Å²) in [6.07, 6.45) is 2.12. The maximum absolute atomic E-state index is 13.1. The molecule has 1 aromatic rings. The molecule has 88 valence electrons. The maximum Gasteiger partial charge on any atom is 0.137 e. The molecule has 4 heteroatoms. The van der Waals surface area contributed by atoms with Gasteiger partial charge >= 0.3 is 0 Å². The van der Waals surface area contributed by atoms with Gasteiger partial charge in [0.1, 0.15) is 5.82 Å². The van der Waals surface area contributed by atoms with E-state index in [-0.39, 0.29) is 5.82 Å². The largest absolute Gasteiger partial charge is 0.328 e. The molecule has 0 aliphatic carbocycles. The number of benzene rings is 1. The molecule has 1 aliphatic rings. The minimum absolute atomic E-state index is 0.204. The molecule has 16 heavy (non-hydrogen) atoms. The Balaban J connectivity index is 1.96. The molecule has 0 amide bonds. The van der Waals surface area contributed by atoms with Crippen molar-refractivity contribution < 1.29 is 4.39 Å². The smallest absolute Gasteiger partial charge is 0.137 e. The molecule has 0 spiro atoms. The van der Waals surface area contributed by atoms with Crippen LogP contribution in [0.4, 0.5) is 4.39 Å². The second-order valence-electron chi connectivity index (χ2n) is 4.36. The Bertz CT molecular complexity index is 362. The quantitative estimate of drug-likeness (QED) is 0.905. The van der Waals surface area contributed by atoms with E-state index in [9.17, 15) is 4.39 Å². The first-order valence-electron chi connectivity index (χ1n) is 5.57. The molecular formula is C12H16BrFN2. The van der Waals surface area contributed by atoms with Crippen molar-refractivity contribution in [3.05, 3.63) is 34.1 Å². The van der Waals surface area contributed by atoms with Gasteiger partial charge in [0.05, 0.1) is 4.47 Å². The summed E-state index contributed by atoms with van der Waals surface area (Å²) in [6.45, 7) is 2.96. The van der Waals surface area contributed by atoms with Gasteiger partial charge in [-0.2, -0.15) is 0 Å². The van der Waals surface area contributed by atoms with Gasteiger partial charge < -0.3 is 5.73 Å². The average molecular weight is 287 g/mol. The molecule has 1 fully saturated rings. The lowest BCUT2D eigenvalue weighted by Crippen LogP contribution is -2.39. The number of piperidine rings is 1. The van der Waals surface area contributed by atoms with Gasteiger partial charge in [0.15, 0.2) is 0 Å². The van der Waals surface area contributed by atoms with Crippen molar-refractivity contribution in [2.75, 3.05) is 13.1 Å². The summed E-state index contributed by atoms with van der Waals surface area (Å²) in [5, 5.41) is 0. The molecule has 2 rings (SSSR count). The Morgan fingerprint density at radius 3 is 2.69 bits per heavy atom. The number of hydrogen-bond acceptors (Lipinski definition) is 2. The van der Waals surface area contributed by atoms with Crippen LogP contribution in [0.25, 0.3) is 0 Å². The Kier molecular flexibility index (Phi) is 3.95. The Morgan fingerprint density at radius 1 is 1.38 bits per heavy atom. The lowest BCUT2D eigenvalue weighted by atomic mass is 10.1. The van der Waals surface area contributed by atoms with E-state index in [1.807, 2.05) is 12.1 Å². The van der Waals surface area contributed by atoms with Crippen LogP contribution in [0.15, 0.2) is 22.7 Å². The van der Waals surface area contributed by atoms with Crippen molar-refractivity contribution in [3.63, 3.8) is 0 Å². The van der Waals surface area contributed by atoms with Crippen LogP contribution in [-0.2, 0) is 6.54 Å². The van der Waals surface area contributed by atoms with Gasteiger partial charge in [-0.3, -0.25) is 4.90 Å². The monoisotopic (exact) mass is 286 g/mol. The molecule has 0 saturated carbocycles. The van der Waals surface area contributed by atoms with Crippen molar-refractivity contribution in [3.8, 4) is 0 Å². The van der Waals surface area contributed by atoms with Crippen LogP contribution >= 0.6 is 15.9 Å². The number of likely N-dealkylation sites (tertiary alicyclic amines) is 1. The standard InChI is InChI=1S/C12H16BrFN2/c13-11-7-9(1-2-12(11)14)8-16-5-3-10(15)4-6-16/h1-2,7,10H,3-6,8,15H2. The number of hydrogen-bond donors (Lipinski definition) is 1. The first-order chi connectivity index (χ1) is 7.65. The third kappa shape index (κ3) is 3.03. The number of nitrogens with zero attached hydrogens (tertiary/aromatic N) is 1. The van der Waals surface area contributed by atoms with Gasteiger partial charge in [0.25, 0.3) is 0 Å². The highest BCUT2D eigenvalue weighted by Crippen LogP contribution is 2.19. The van der Waals surface area contributed by atoms with Gasteiger partial charge in [-0.15, -0.1) is 0 Å². The van der Waals surface area contributed by atoms with Crippen LogP contribution in [0.1, 0.15) is 18.4 Å². The number of halogens is 2. The van der Waals surface area contributed by atoms with Crippen molar-refractivity contribution in [1.82, 2.24) is 4.90 Å². The predicted octanol–water partition coefficient (Wildman–Crippen LogP) is 2.51. The fourth-order valence-corrected chi connectivity index (χ4v) is 2.43. The van der Waals surface area contributed by atoms with Crippen LogP contribution in [0.5, 0.6) is 0 Å². The lowest BCUT2D eigenvalue weighted by molar-refractivity contribution is 0.205. The first kappa shape index (κ1) is 12.0. The minimum atomic E-state index is -0.204. The summed E-state index contributed by atoms with van der Waals surface area (Å²) in [5.74, 6) is -0.204. The summed E-state index contributed by atoms with van der Waals surface area (Å²) in [7, 11) is 0.